The largest absolute Gasteiger partial charge is 0.493 e. The fraction of sp³-hybridized carbons (Fsp3) is 0.250. The van der Waals surface area contributed by atoms with E-state index in [1.807, 2.05) is 35.6 Å². The molecule has 0 saturated carbocycles. The maximum absolute atomic E-state index is 13.9. The highest BCUT2D eigenvalue weighted by molar-refractivity contribution is 8.16. The van der Waals surface area contributed by atoms with E-state index in [0.29, 0.717) is 28.3 Å². The summed E-state index contributed by atoms with van der Waals surface area (Å²) >= 11 is 1.49. The normalized spacial score (nSPS) is 17.2. The second kappa shape index (κ2) is 9.48. The Labute approximate surface area is 190 Å². The molecule has 2 aromatic carbocycles. The van der Waals surface area contributed by atoms with Crippen LogP contribution in [0.1, 0.15) is 31.0 Å². The topological polar surface area (TPSA) is 60.4 Å². The van der Waals surface area contributed by atoms with Gasteiger partial charge in [-0.1, -0.05) is 36.0 Å². The van der Waals surface area contributed by atoms with Gasteiger partial charge in [-0.3, -0.25) is 0 Å². The van der Waals surface area contributed by atoms with Crippen molar-refractivity contribution in [1.82, 2.24) is 4.90 Å². The summed E-state index contributed by atoms with van der Waals surface area (Å²) < 4.78 is 30.6. The summed E-state index contributed by atoms with van der Waals surface area (Å²) in [6.07, 6.45) is 1.90. The van der Waals surface area contributed by atoms with Gasteiger partial charge in [0.25, 0.3) is 0 Å². The lowest BCUT2D eigenvalue weighted by molar-refractivity contribution is -0.139. The second-order valence-corrected chi connectivity index (χ2v) is 7.99. The van der Waals surface area contributed by atoms with Crippen molar-refractivity contribution in [1.29, 1.82) is 0 Å². The van der Waals surface area contributed by atoms with Crippen molar-refractivity contribution >= 4 is 22.9 Å². The highest BCUT2D eigenvalue weighted by Gasteiger charge is 2.37. The Hall–Kier alpha value is -3.26. The molecule has 0 amide bonds. The van der Waals surface area contributed by atoms with E-state index in [9.17, 15) is 9.18 Å². The smallest absolute Gasteiger partial charge is 0.338 e. The van der Waals surface area contributed by atoms with Crippen LogP contribution in [-0.2, 0) is 16.1 Å². The summed E-state index contributed by atoms with van der Waals surface area (Å²) in [6, 6.07) is 11.5. The number of amidine groups is 1. The van der Waals surface area contributed by atoms with Crippen molar-refractivity contribution in [3.63, 3.8) is 0 Å². The molecule has 32 heavy (non-hydrogen) atoms. The minimum absolute atomic E-state index is 0.0706. The van der Waals surface area contributed by atoms with Crippen LogP contribution in [0.15, 0.2) is 70.3 Å². The van der Waals surface area contributed by atoms with Gasteiger partial charge in [0.05, 0.1) is 31.0 Å². The number of halogens is 1. The molecular formula is C24H23FN2O4S. The molecule has 6 nitrogen and oxygen atoms in total. The summed E-state index contributed by atoms with van der Waals surface area (Å²) in [5, 5.41) is 2.72. The SMILES string of the molecule is CCOC(=O)C1=C(C)N=C2SC=CN2[C@@H]1c1ccc(OCc2ccccc2F)c(OC)c1. The third kappa shape index (κ3) is 4.23. The molecule has 2 aromatic rings. The predicted octanol–water partition coefficient (Wildman–Crippen LogP) is 5.18. The molecule has 1 atom stereocenters. The molecule has 0 aromatic heterocycles. The van der Waals surface area contributed by atoms with Gasteiger partial charge in [-0.25, -0.2) is 14.2 Å². The molecule has 2 aliphatic rings. The monoisotopic (exact) mass is 454 g/mol. The van der Waals surface area contributed by atoms with Crippen molar-refractivity contribution in [3.8, 4) is 11.5 Å². The molecule has 0 aliphatic carbocycles. The number of aliphatic imine (C=N–C) groups is 1. The lowest BCUT2D eigenvalue weighted by Crippen LogP contribution is -2.34. The van der Waals surface area contributed by atoms with Gasteiger partial charge < -0.3 is 19.1 Å². The molecule has 0 N–H and O–H groups in total. The highest BCUT2D eigenvalue weighted by atomic mass is 32.2. The second-order valence-electron chi connectivity index (χ2n) is 7.12. The predicted molar refractivity (Wildman–Crippen MR) is 122 cm³/mol. The Morgan fingerprint density at radius 3 is 2.78 bits per heavy atom. The van der Waals surface area contributed by atoms with Crippen molar-refractivity contribution < 1.29 is 23.4 Å². The number of fused-ring (bicyclic) bond motifs is 1. The fourth-order valence-electron chi connectivity index (χ4n) is 3.64. The molecule has 0 unspecified atom stereocenters. The molecule has 2 heterocycles. The third-order valence-electron chi connectivity index (χ3n) is 5.16. The molecule has 166 valence electrons. The molecule has 0 saturated heterocycles. The Morgan fingerprint density at radius 1 is 1.22 bits per heavy atom. The summed E-state index contributed by atoms with van der Waals surface area (Å²) in [7, 11) is 1.54. The molecule has 0 bridgehead atoms. The molecular weight excluding hydrogens is 431 g/mol. The number of ether oxygens (including phenoxy) is 3. The average Bonchev–Trinajstić information content (AvgIpc) is 3.25. The van der Waals surface area contributed by atoms with Crippen LogP contribution in [0.4, 0.5) is 4.39 Å². The zero-order valence-corrected chi connectivity index (χ0v) is 18.8. The van der Waals surface area contributed by atoms with E-state index >= 15 is 0 Å². The van der Waals surface area contributed by atoms with Gasteiger partial charge in [-0.15, -0.1) is 0 Å². The Morgan fingerprint density at radius 2 is 2.03 bits per heavy atom. The molecule has 0 radical (unpaired) electrons. The van der Waals surface area contributed by atoms with Crippen LogP contribution in [0.2, 0.25) is 0 Å². The van der Waals surface area contributed by atoms with E-state index in [2.05, 4.69) is 4.99 Å². The van der Waals surface area contributed by atoms with Gasteiger partial charge in [-0.2, -0.15) is 0 Å². The first-order chi connectivity index (χ1) is 15.5. The van der Waals surface area contributed by atoms with Crippen LogP contribution in [0.25, 0.3) is 0 Å². The molecule has 8 heteroatoms. The fourth-order valence-corrected chi connectivity index (χ4v) is 4.43. The highest BCUT2D eigenvalue weighted by Crippen LogP contribution is 2.43. The lowest BCUT2D eigenvalue weighted by atomic mass is 9.94. The van der Waals surface area contributed by atoms with Gasteiger partial charge in [0.15, 0.2) is 16.7 Å². The summed E-state index contributed by atoms with van der Waals surface area (Å²) in [6.45, 7) is 3.93. The summed E-state index contributed by atoms with van der Waals surface area (Å²) in [5.74, 6) is 0.241. The first-order valence-corrected chi connectivity index (χ1v) is 11.0. The van der Waals surface area contributed by atoms with Gasteiger partial charge in [0.1, 0.15) is 12.4 Å². The van der Waals surface area contributed by atoms with Gasteiger partial charge >= 0.3 is 5.97 Å². The van der Waals surface area contributed by atoms with E-state index in [0.717, 1.165) is 10.7 Å². The number of hydrogen-bond donors (Lipinski definition) is 0. The van der Waals surface area contributed by atoms with E-state index in [1.165, 1.54) is 17.8 Å². The van der Waals surface area contributed by atoms with Crippen molar-refractivity contribution in [2.24, 2.45) is 4.99 Å². The number of carbonyl (C=O) groups excluding carboxylic acids is 1. The van der Waals surface area contributed by atoms with Crippen LogP contribution in [0.3, 0.4) is 0 Å². The lowest BCUT2D eigenvalue weighted by Gasteiger charge is -2.33. The number of hydrogen-bond acceptors (Lipinski definition) is 7. The number of esters is 1. The standard InChI is InChI=1S/C24H23FN2O4S/c1-4-30-23(28)21-15(2)26-24-27(11-12-32-24)22(21)16-9-10-19(20(13-16)29-3)31-14-17-7-5-6-8-18(17)25/h5-13,22H,4,14H2,1-3H3/t22-/m1/s1. The van der Waals surface area contributed by atoms with Crippen molar-refractivity contribution in [3.05, 3.63) is 82.3 Å². The maximum atomic E-state index is 13.9. The molecule has 0 fully saturated rings. The van der Waals surface area contributed by atoms with E-state index in [-0.39, 0.29) is 19.0 Å². The van der Waals surface area contributed by atoms with Crippen LogP contribution in [0.5, 0.6) is 11.5 Å². The third-order valence-corrected chi connectivity index (χ3v) is 5.93. The van der Waals surface area contributed by atoms with Crippen LogP contribution < -0.4 is 9.47 Å². The molecule has 0 spiro atoms. The van der Waals surface area contributed by atoms with E-state index < -0.39 is 12.0 Å². The number of methoxy groups -OCH3 is 1. The van der Waals surface area contributed by atoms with Crippen LogP contribution >= 0.6 is 11.8 Å². The quantitative estimate of drug-likeness (QED) is 0.537. The number of thioether (sulfide) groups is 1. The average molecular weight is 455 g/mol. The zero-order chi connectivity index (χ0) is 22.7. The first kappa shape index (κ1) is 22.0. The van der Waals surface area contributed by atoms with Crippen molar-refractivity contribution in [2.45, 2.75) is 26.5 Å². The number of carbonyl (C=O) groups is 1. The Bertz CT molecular complexity index is 1130. The van der Waals surface area contributed by atoms with Gasteiger partial charge in [0, 0.05) is 11.8 Å². The van der Waals surface area contributed by atoms with Crippen LogP contribution in [-0.4, -0.2) is 29.8 Å². The number of allylic oxidation sites excluding steroid dienone is 1. The number of rotatable bonds is 7. The maximum Gasteiger partial charge on any atom is 0.338 e. The minimum atomic E-state index is -0.415. The van der Waals surface area contributed by atoms with Crippen LogP contribution in [0, 0.1) is 5.82 Å². The number of benzene rings is 2. The first-order valence-electron chi connectivity index (χ1n) is 10.2. The molecule has 4 rings (SSSR count). The number of nitrogens with zero attached hydrogens (tertiary/aromatic N) is 2. The summed E-state index contributed by atoms with van der Waals surface area (Å²) in [4.78, 5) is 19.3. The van der Waals surface area contributed by atoms with Gasteiger partial charge in [0.2, 0.25) is 0 Å². The van der Waals surface area contributed by atoms with Gasteiger partial charge in [-0.05, 0) is 43.0 Å². The molecule has 2 aliphatic heterocycles. The van der Waals surface area contributed by atoms with E-state index in [1.54, 1.807) is 38.3 Å². The Balaban J connectivity index is 1.67. The van der Waals surface area contributed by atoms with Crippen molar-refractivity contribution in [2.75, 3.05) is 13.7 Å². The Kier molecular flexibility index (Phi) is 6.50. The van der Waals surface area contributed by atoms with E-state index in [4.69, 9.17) is 14.2 Å². The minimum Gasteiger partial charge on any atom is -0.493 e. The summed E-state index contributed by atoms with van der Waals surface area (Å²) in [5.41, 5.74) is 2.37. The zero-order valence-electron chi connectivity index (χ0n) is 18.0.